The fourth-order valence-electron chi connectivity index (χ4n) is 0.969. The minimum absolute atomic E-state index is 0.00338. The van der Waals surface area contributed by atoms with Crippen LogP contribution in [0.4, 0.5) is 0 Å². The molecular formula is C6H4ClN3O2. The Morgan fingerprint density at radius 1 is 1.58 bits per heavy atom. The van der Waals surface area contributed by atoms with Gasteiger partial charge in [-0.1, -0.05) is 5.16 Å². The van der Waals surface area contributed by atoms with Crippen LogP contribution in [0.5, 0.6) is 0 Å². The Morgan fingerprint density at radius 3 is 3.08 bits per heavy atom. The van der Waals surface area contributed by atoms with Crippen molar-refractivity contribution in [1.29, 1.82) is 0 Å². The van der Waals surface area contributed by atoms with Crippen molar-refractivity contribution in [1.82, 2.24) is 15.1 Å². The van der Waals surface area contributed by atoms with Crippen LogP contribution < -0.4 is 5.56 Å². The number of fused-ring (bicyclic) bond motifs is 1. The maximum absolute atomic E-state index is 11.2. The molecule has 2 aromatic rings. The predicted octanol–water partition coefficient (Wildman–Crippen LogP) is 0.873. The Morgan fingerprint density at radius 2 is 2.33 bits per heavy atom. The molecule has 5 nitrogen and oxygen atoms in total. The smallest absolute Gasteiger partial charge is 0.266 e. The second-order valence-corrected chi connectivity index (χ2v) is 2.66. The summed E-state index contributed by atoms with van der Waals surface area (Å²) in [6, 6.07) is 0. The third-order valence-electron chi connectivity index (χ3n) is 1.49. The third-order valence-corrected chi connectivity index (χ3v) is 1.67. The molecule has 0 saturated heterocycles. The summed E-state index contributed by atoms with van der Waals surface area (Å²) in [6.45, 7) is 1.66. The first kappa shape index (κ1) is 7.30. The molecule has 0 spiro atoms. The van der Waals surface area contributed by atoms with Gasteiger partial charge in [-0.2, -0.15) is 4.98 Å². The molecule has 2 aromatic heterocycles. The van der Waals surface area contributed by atoms with E-state index >= 15 is 0 Å². The minimum atomic E-state index is -0.330. The van der Waals surface area contributed by atoms with E-state index in [-0.39, 0.29) is 16.6 Å². The standard InChI is InChI=1S/C6H4ClN3O2/c1-2-3-4(11)8-6(7)9-5(3)12-10-2/h1H3,(H,8,9,11). The van der Waals surface area contributed by atoms with E-state index < -0.39 is 0 Å². The van der Waals surface area contributed by atoms with Gasteiger partial charge in [0.2, 0.25) is 5.28 Å². The zero-order chi connectivity index (χ0) is 8.72. The molecule has 0 radical (unpaired) electrons. The van der Waals surface area contributed by atoms with E-state index in [0.717, 1.165) is 0 Å². The molecule has 0 aliphatic heterocycles. The van der Waals surface area contributed by atoms with Crippen LogP contribution in [0.1, 0.15) is 5.69 Å². The summed E-state index contributed by atoms with van der Waals surface area (Å²) < 4.78 is 4.74. The van der Waals surface area contributed by atoms with Crippen LogP contribution in [-0.4, -0.2) is 15.1 Å². The molecule has 0 saturated carbocycles. The number of aryl methyl sites for hydroxylation is 1. The molecule has 12 heavy (non-hydrogen) atoms. The van der Waals surface area contributed by atoms with Crippen LogP contribution in [0, 0.1) is 6.92 Å². The van der Waals surface area contributed by atoms with Crippen molar-refractivity contribution in [2.75, 3.05) is 0 Å². The fourth-order valence-corrected chi connectivity index (χ4v) is 1.13. The van der Waals surface area contributed by atoms with Crippen LogP contribution in [0.15, 0.2) is 9.32 Å². The van der Waals surface area contributed by atoms with E-state index in [2.05, 4.69) is 15.1 Å². The van der Waals surface area contributed by atoms with E-state index in [9.17, 15) is 4.79 Å². The number of rotatable bonds is 0. The lowest BCUT2D eigenvalue weighted by atomic mass is 10.3. The van der Waals surface area contributed by atoms with Gasteiger partial charge in [-0.05, 0) is 18.5 Å². The zero-order valence-corrected chi connectivity index (χ0v) is 6.84. The van der Waals surface area contributed by atoms with E-state index in [4.69, 9.17) is 16.1 Å². The topological polar surface area (TPSA) is 71.8 Å². The van der Waals surface area contributed by atoms with Crippen molar-refractivity contribution in [3.05, 3.63) is 21.3 Å². The highest BCUT2D eigenvalue weighted by atomic mass is 35.5. The summed E-state index contributed by atoms with van der Waals surface area (Å²) in [7, 11) is 0. The van der Waals surface area contributed by atoms with Crippen molar-refractivity contribution < 1.29 is 4.52 Å². The first-order valence-corrected chi connectivity index (χ1v) is 3.58. The summed E-state index contributed by atoms with van der Waals surface area (Å²) in [5.41, 5.74) is 0.348. The molecule has 1 N–H and O–H groups in total. The van der Waals surface area contributed by atoms with Crippen molar-refractivity contribution in [3.8, 4) is 0 Å². The van der Waals surface area contributed by atoms with Crippen LogP contribution >= 0.6 is 11.6 Å². The molecule has 0 aliphatic rings. The molecule has 0 aliphatic carbocycles. The second kappa shape index (κ2) is 2.31. The van der Waals surface area contributed by atoms with Crippen molar-refractivity contribution in [3.63, 3.8) is 0 Å². The molecule has 2 rings (SSSR count). The van der Waals surface area contributed by atoms with Crippen LogP contribution in [-0.2, 0) is 0 Å². The Balaban J connectivity index is 3.03. The Labute approximate surface area is 71.3 Å². The third kappa shape index (κ3) is 0.902. The normalized spacial score (nSPS) is 10.8. The highest BCUT2D eigenvalue weighted by molar-refractivity contribution is 6.28. The molecule has 2 heterocycles. The van der Waals surface area contributed by atoms with E-state index in [1.807, 2.05) is 0 Å². The molecule has 0 bridgehead atoms. The van der Waals surface area contributed by atoms with Gasteiger partial charge < -0.3 is 4.52 Å². The number of aromatic amines is 1. The number of hydrogen-bond donors (Lipinski definition) is 1. The first-order chi connectivity index (χ1) is 5.68. The Bertz CT molecular complexity index is 487. The van der Waals surface area contributed by atoms with Gasteiger partial charge in [0.15, 0.2) is 0 Å². The van der Waals surface area contributed by atoms with Gasteiger partial charge in [0.1, 0.15) is 5.39 Å². The Kier molecular flexibility index (Phi) is 1.41. The van der Waals surface area contributed by atoms with Crippen LogP contribution in [0.25, 0.3) is 11.1 Å². The van der Waals surface area contributed by atoms with Gasteiger partial charge in [0.05, 0.1) is 5.69 Å². The number of halogens is 1. The summed E-state index contributed by atoms with van der Waals surface area (Å²) >= 11 is 5.48. The highest BCUT2D eigenvalue weighted by Gasteiger charge is 2.10. The lowest BCUT2D eigenvalue weighted by molar-refractivity contribution is 0.442. The fraction of sp³-hybridized carbons (Fsp3) is 0.167. The van der Waals surface area contributed by atoms with Crippen LogP contribution in [0.3, 0.4) is 0 Å². The lowest BCUT2D eigenvalue weighted by Crippen LogP contribution is -2.07. The largest absolute Gasteiger partial charge is 0.335 e. The average molecular weight is 186 g/mol. The maximum Gasteiger partial charge on any atom is 0.266 e. The Hall–Kier alpha value is -1.36. The van der Waals surface area contributed by atoms with E-state index in [1.54, 1.807) is 6.92 Å². The van der Waals surface area contributed by atoms with Gasteiger partial charge >= 0.3 is 0 Å². The zero-order valence-electron chi connectivity index (χ0n) is 6.09. The van der Waals surface area contributed by atoms with Crippen molar-refractivity contribution in [2.24, 2.45) is 0 Å². The maximum atomic E-state index is 11.2. The number of nitrogens with one attached hydrogen (secondary N) is 1. The predicted molar refractivity (Wildman–Crippen MR) is 42.2 cm³/mol. The van der Waals surface area contributed by atoms with Gasteiger partial charge in [0, 0.05) is 0 Å². The van der Waals surface area contributed by atoms with Crippen molar-refractivity contribution in [2.45, 2.75) is 6.92 Å². The summed E-state index contributed by atoms with van der Waals surface area (Å²) in [6.07, 6.45) is 0. The molecular weight excluding hydrogens is 182 g/mol. The monoisotopic (exact) mass is 185 g/mol. The molecule has 62 valence electrons. The molecule has 0 unspecified atom stereocenters. The first-order valence-electron chi connectivity index (χ1n) is 3.20. The van der Waals surface area contributed by atoms with Crippen LogP contribution in [0.2, 0.25) is 5.28 Å². The highest BCUT2D eigenvalue weighted by Crippen LogP contribution is 2.11. The SMILES string of the molecule is Cc1noc2nc(Cl)[nH]c(=O)c12. The minimum Gasteiger partial charge on any atom is -0.335 e. The number of aromatic nitrogens is 3. The van der Waals surface area contributed by atoms with E-state index in [0.29, 0.717) is 11.1 Å². The lowest BCUT2D eigenvalue weighted by Gasteiger charge is -1.87. The number of nitrogens with zero attached hydrogens (tertiary/aromatic N) is 2. The summed E-state index contributed by atoms with van der Waals surface area (Å²) in [5.74, 6) is 0. The average Bonchev–Trinajstić information content (AvgIpc) is 2.31. The van der Waals surface area contributed by atoms with Gasteiger partial charge in [-0.3, -0.25) is 9.78 Å². The summed E-state index contributed by atoms with van der Waals surface area (Å²) in [4.78, 5) is 17.3. The summed E-state index contributed by atoms with van der Waals surface area (Å²) in [5, 5.41) is 3.93. The molecule has 0 aromatic carbocycles. The molecule has 0 atom stereocenters. The van der Waals surface area contributed by atoms with E-state index in [1.165, 1.54) is 0 Å². The molecule has 6 heteroatoms. The number of H-pyrrole nitrogens is 1. The van der Waals surface area contributed by atoms with Crippen molar-refractivity contribution >= 4 is 22.7 Å². The molecule has 0 amide bonds. The van der Waals surface area contributed by atoms with Gasteiger partial charge in [-0.25, -0.2) is 0 Å². The molecule has 0 fully saturated rings. The number of hydrogen-bond acceptors (Lipinski definition) is 4. The van der Waals surface area contributed by atoms with Gasteiger partial charge in [-0.15, -0.1) is 0 Å². The van der Waals surface area contributed by atoms with Gasteiger partial charge in [0.25, 0.3) is 11.3 Å². The quantitative estimate of drug-likeness (QED) is 0.619. The second-order valence-electron chi connectivity index (χ2n) is 2.30.